The lowest BCUT2D eigenvalue weighted by atomic mass is 10.1. The van der Waals surface area contributed by atoms with Crippen LogP contribution in [-0.4, -0.2) is 12.0 Å². The highest BCUT2D eigenvalue weighted by molar-refractivity contribution is 5.95. The molecule has 3 heteroatoms. The quantitative estimate of drug-likeness (QED) is 0.785. The van der Waals surface area contributed by atoms with E-state index in [0.29, 0.717) is 6.42 Å². The number of ether oxygens (including phenoxy) is 1. The maximum Gasteiger partial charge on any atom is 0.265 e. The molecule has 128 valence electrons. The zero-order valence-electron chi connectivity index (χ0n) is 15.1. The van der Waals surface area contributed by atoms with Crippen molar-refractivity contribution in [3.8, 4) is 5.75 Å². The van der Waals surface area contributed by atoms with Gasteiger partial charge in [0.1, 0.15) is 5.75 Å². The van der Waals surface area contributed by atoms with Crippen molar-refractivity contribution >= 4 is 11.6 Å². The van der Waals surface area contributed by atoms with Gasteiger partial charge in [-0.15, -0.1) is 0 Å². The Morgan fingerprint density at radius 2 is 1.75 bits per heavy atom. The van der Waals surface area contributed by atoms with Crippen LogP contribution < -0.4 is 10.1 Å². The summed E-state index contributed by atoms with van der Waals surface area (Å²) in [7, 11) is 0. The molecule has 1 amide bonds. The van der Waals surface area contributed by atoms with E-state index in [1.807, 2.05) is 56.3 Å². The van der Waals surface area contributed by atoms with E-state index in [1.54, 1.807) is 0 Å². The van der Waals surface area contributed by atoms with Crippen LogP contribution in [0.15, 0.2) is 42.5 Å². The second-order valence-corrected chi connectivity index (χ2v) is 5.96. The van der Waals surface area contributed by atoms with Gasteiger partial charge in [0.05, 0.1) is 0 Å². The Morgan fingerprint density at radius 3 is 2.33 bits per heavy atom. The Labute approximate surface area is 145 Å². The summed E-state index contributed by atoms with van der Waals surface area (Å²) in [6, 6.07) is 14.0. The number of rotatable bonds is 7. The van der Waals surface area contributed by atoms with Crippen LogP contribution in [0.4, 0.5) is 5.69 Å². The molecule has 0 heterocycles. The van der Waals surface area contributed by atoms with Crippen molar-refractivity contribution in [1.29, 1.82) is 0 Å². The largest absolute Gasteiger partial charge is 0.481 e. The molecule has 0 aliphatic rings. The van der Waals surface area contributed by atoms with Crippen molar-refractivity contribution in [2.24, 2.45) is 0 Å². The van der Waals surface area contributed by atoms with Gasteiger partial charge < -0.3 is 10.1 Å². The highest BCUT2D eigenvalue weighted by Gasteiger charge is 2.20. The Morgan fingerprint density at radius 1 is 1.04 bits per heavy atom. The number of carbonyl (C=O) groups excluding carboxylic acids is 1. The normalized spacial score (nSPS) is 11.8. The summed E-state index contributed by atoms with van der Waals surface area (Å²) in [5.74, 6) is 0.635. The van der Waals surface area contributed by atoms with Gasteiger partial charge in [-0.3, -0.25) is 4.79 Å². The van der Waals surface area contributed by atoms with Crippen molar-refractivity contribution in [3.05, 3.63) is 59.2 Å². The minimum atomic E-state index is -0.498. The summed E-state index contributed by atoms with van der Waals surface area (Å²) < 4.78 is 5.90. The van der Waals surface area contributed by atoms with Crippen molar-refractivity contribution in [3.63, 3.8) is 0 Å². The van der Waals surface area contributed by atoms with Gasteiger partial charge in [-0.2, -0.15) is 0 Å². The molecule has 1 N–H and O–H groups in total. The number of nitrogens with one attached hydrogen (secondary N) is 1. The molecule has 2 aromatic carbocycles. The number of para-hydroxylation sites is 1. The molecular formula is C21H27NO2. The number of hydrogen-bond donors (Lipinski definition) is 1. The highest BCUT2D eigenvalue weighted by atomic mass is 16.5. The molecule has 1 atom stereocenters. The zero-order valence-corrected chi connectivity index (χ0v) is 15.1. The number of anilines is 1. The molecule has 0 bridgehead atoms. The van der Waals surface area contributed by atoms with Crippen molar-refractivity contribution in [1.82, 2.24) is 0 Å². The lowest BCUT2D eigenvalue weighted by Gasteiger charge is -2.19. The SMILES string of the molecule is CCc1ccc(O[C@@H](CC)C(=O)Nc2c(C)cccc2CC)cc1. The van der Waals surface area contributed by atoms with Gasteiger partial charge in [-0.25, -0.2) is 0 Å². The maximum absolute atomic E-state index is 12.7. The van der Waals surface area contributed by atoms with Gasteiger partial charge in [-0.05, 0) is 55.0 Å². The Balaban J connectivity index is 2.11. The second kappa shape index (κ2) is 8.53. The Kier molecular flexibility index (Phi) is 6.42. The summed E-state index contributed by atoms with van der Waals surface area (Å²) in [4.78, 5) is 12.7. The third-order valence-corrected chi connectivity index (χ3v) is 4.26. The monoisotopic (exact) mass is 325 g/mol. The van der Waals surface area contributed by atoms with Gasteiger partial charge >= 0.3 is 0 Å². The van der Waals surface area contributed by atoms with Crippen molar-refractivity contribution in [2.45, 2.75) is 53.1 Å². The van der Waals surface area contributed by atoms with E-state index in [0.717, 1.165) is 35.4 Å². The lowest BCUT2D eigenvalue weighted by molar-refractivity contribution is -0.122. The average Bonchev–Trinajstić information content (AvgIpc) is 2.61. The first kappa shape index (κ1) is 18.1. The molecule has 24 heavy (non-hydrogen) atoms. The summed E-state index contributed by atoms with van der Waals surface area (Å²) >= 11 is 0. The molecule has 0 fully saturated rings. The molecule has 0 aliphatic carbocycles. The van der Waals surface area contributed by atoms with E-state index in [2.05, 4.69) is 19.2 Å². The molecule has 0 aromatic heterocycles. The topological polar surface area (TPSA) is 38.3 Å². The summed E-state index contributed by atoms with van der Waals surface area (Å²) in [6.07, 6.45) is 1.99. The minimum Gasteiger partial charge on any atom is -0.481 e. The van der Waals surface area contributed by atoms with Crippen LogP contribution in [0.2, 0.25) is 0 Å². The molecule has 0 spiro atoms. The molecular weight excluding hydrogens is 298 g/mol. The molecule has 2 rings (SSSR count). The first-order valence-corrected chi connectivity index (χ1v) is 8.73. The van der Waals surface area contributed by atoms with Gasteiger partial charge in [0.2, 0.25) is 0 Å². The highest BCUT2D eigenvalue weighted by Crippen LogP contribution is 2.22. The van der Waals surface area contributed by atoms with E-state index in [9.17, 15) is 4.79 Å². The molecule has 0 saturated carbocycles. The van der Waals surface area contributed by atoms with Gasteiger partial charge in [-0.1, -0.05) is 51.1 Å². The van der Waals surface area contributed by atoms with Crippen LogP contribution in [0, 0.1) is 6.92 Å². The Bertz CT molecular complexity index is 677. The standard InChI is InChI=1S/C21H27NO2/c1-5-16-11-13-18(14-12-16)24-19(7-3)21(23)22-20-15(4)9-8-10-17(20)6-2/h8-14,19H,5-7H2,1-4H3,(H,22,23)/t19-/m0/s1. The first-order valence-electron chi connectivity index (χ1n) is 8.73. The van der Waals surface area contributed by atoms with Crippen molar-refractivity contribution < 1.29 is 9.53 Å². The number of amides is 1. The zero-order chi connectivity index (χ0) is 17.5. The second-order valence-electron chi connectivity index (χ2n) is 5.96. The van der Waals surface area contributed by atoms with E-state index in [-0.39, 0.29) is 5.91 Å². The average molecular weight is 325 g/mol. The number of aryl methyl sites for hydroxylation is 3. The molecule has 2 aromatic rings. The fraction of sp³-hybridized carbons (Fsp3) is 0.381. The summed E-state index contributed by atoms with van der Waals surface area (Å²) in [6.45, 7) is 8.18. The summed E-state index contributed by atoms with van der Waals surface area (Å²) in [5.41, 5.74) is 4.39. The predicted octanol–water partition coefficient (Wildman–Crippen LogP) is 4.92. The summed E-state index contributed by atoms with van der Waals surface area (Å²) in [5, 5.41) is 3.06. The third-order valence-electron chi connectivity index (χ3n) is 4.26. The van der Waals surface area contributed by atoms with Gasteiger partial charge in [0.25, 0.3) is 5.91 Å². The molecule has 0 aliphatic heterocycles. The fourth-order valence-corrected chi connectivity index (χ4v) is 2.70. The third kappa shape index (κ3) is 4.38. The number of benzene rings is 2. The smallest absolute Gasteiger partial charge is 0.265 e. The van der Waals surface area contributed by atoms with Crippen molar-refractivity contribution in [2.75, 3.05) is 5.32 Å². The molecule has 0 radical (unpaired) electrons. The van der Waals surface area contributed by atoms with Crippen LogP contribution in [0.25, 0.3) is 0 Å². The van der Waals surface area contributed by atoms with E-state index < -0.39 is 6.10 Å². The van der Waals surface area contributed by atoms with E-state index in [1.165, 1.54) is 5.56 Å². The van der Waals surface area contributed by atoms with Gasteiger partial charge in [0.15, 0.2) is 6.10 Å². The maximum atomic E-state index is 12.7. The Hall–Kier alpha value is -2.29. The fourth-order valence-electron chi connectivity index (χ4n) is 2.70. The van der Waals surface area contributed by atoms with E-state index in [4.69, 9.17) is 4.74 Å². The number of carbonyl (C=O) groups is 1. The van der Waals surface area contributed by atoms with Crippen LogP contribution in [0.1, 0.15) is 43.9 Å². The molecule has 0 unspecified atom stereocenters. The van der Waals surface area contributed by atoms with Crippen LogP contribution >= 0.6 is 0 Å². The first-order chi connectivity index (χ1) is 11.6. The van der Waals surface area contributed by atoms with Gasteiger partial charge in [0, 0.05) is 5.69 Å². The number of hydrogen-bond acceptors (Lipinski definition) is 2. The van der Waals surface area contributed by atoms with Crippen LogP contribution in [0.3, 0.4) is 0 Å². The van der Waals surface area contributed by atoms with E-state index >= 15 is 0 Å². The lowest BCUT2D eigenvalue weighted by Crippen LogP contribution is -2.33. The minimum absolute atomic E-state index is 0.0962. The van der Waals surface area contributed by atoms with Crippen LogP contribution in [-0.2, 0) is 17.6 Å². The molecule has 0 saturated heterocycles. The van der Waals surface area contributed by atoms with Crippen LogP contribution in [0.5, 0.6) is 5.75 Å². The molecule has 3 nitrogen and oxygen atoms in total. The predicted molar refractivity (Wildman–Crippen MR) is 99.7 cm³/mol.